The summed E-state index contributed by atoms with van der Waals surface area (Å²) in [5.41, 5.74) is 15.9. The van der Waals surface area contributed by atoms with Gasteiger partial charge in [0.25, 0.3) is 0 Å². The van der Waals surface area contributed by atoms with Crippen LogP contribution in [0.4, 0.5) is 5.69 Å². The molecule has 0 aromatic heterocycles. The second kappa shape index (κ2) is 3.15. The van der Waals surface area contributed by atoms with Gasteiger partial charge in [-0.25, -0.2) is 0 Å². The van der Waals surface area contributed by atoms with Crippen molar-refractivity contribution in [1.82, 2.24) is 0 Å². The molecule has 1 rings (SSSR count). The van der Waals surface area contributed by atoms with Gasteiger partial charge in [0.05, 0.1) is 0 Å². The Balaban J connectivity index is 3.21. The molecule has 1 aromatic carbocycles. The van der Waals surface area contributed by atoms with Crippen LogP contribution >= 0.6 is 0 Å². The maximum Gasteiger partial charge on any atom is 0.0349 e. The Morgan fingerprint density at radius 1 is 1.25 bits per heavy atom. The molecule has 0 radical (unpaired) electrons. The normalized spacial score (nSPS) is 13.0. The Morgan fingerprint density at radius 3 is 2.25 bits per heavy atom. The third-order valence-electron chi connectivity index (χ3n) is 2.26. The number of anilines is 1. The van der Waals surface area contributed by atoms with E-state index in [0.29, 0.717) is 0 Å². The van der Waals surface area contributed by atoms with E-state index in [9.17, 15) is 0 Å². The van der Waals surface area contributed by atoms with Crippen molar-refractivity contribution in [2.24, 2.45) is 5.73 Å². The van der Waals surface area contributed by atoms with Crippen molar-refractivity contribution in [3.63, 3.8) is 0 Å². The molecule has 1 atom stereocenters. The van der Waals surface area contributed by atoms with Crippen molar-refractivity contribution in [1.29, 1.82) is 0 Å². The molecular weight excluding hydrogens is 148 g/mol. The van der Waals surface area contributed by atoms with Crippen LogP contribution in [0.25, 0.3) is 0 Å². The van der Waals surface area contributed by atoms with Gasteiger partial charge in [0.15, 0.2) is 0 Å². The van der Waals surface area contributed by atoms with Crippen LogP contribution in [0, 0.1) is 13.8 Å². The van der Waals surface area contributed by atoms with Crippen LogP contribution in [-0.2, 0) is 0 Å². The summed E-state index contributed by atoms with van der Waals surface area (Å²) < 4.78 is 0. The fraction of sp³-hybridized carbons (Fsp3) is 0.400. The molecule has 4 N–H and O–H groups in total. The number of rotatable bonds is 1. The highest BCUT2D eigenvalue weighted by Crippen LogP contribution is 2.21. The van der Waals surface area contributed by atoms with Crippen LogP contribution in [-0.4, -0.2) is 0 Å². The van der Waals surface area contributed by atoms with Crippen LogP contribution in [0.3, 0.4) is 0 Å². The summed E-state index contributed by atoms with van der Waals surface area (Å²) in [6.45, 7) is 6.04. The molecule has 1 aromatic rings. The molecule has 0 bridgehead atoms. The zero-order chi connectivity index (χ0) is 9.30. The predicted octanol–water partition coefficient (Wildman–Crippen LogP) is 1.91. The van der Waals surface area contributed by atoms with Gasteiger partial charge in [-0.3, -0.25) is 0 Å². The average molecular weight is 164 g/mol. The zero-order valence-corrected chi connectivity index (χ0v) is 7.89. The van der Waals surface area contributed by atoms with Gasteiger partial charge in [0.1, 0.15) is 0 Å². The van der Waals surface area contributed by atoms with Gasteiger partial charge in [-0.05, 0) is 43.5 Å². The highest BCUT2D eigenvalue weighted by atomic mass is 14.6. The molecule has 0 saturated heterocycles. The van der Waals surface area contributed by atoms with E-state index in [1.807, 2.05) is 19.9 Å². The van der Waals surface area contributed by atoms with E-state index in [-0.39, 0.29) is 6.04 Å². The zero-order valence-electron chi connectivity index (χ0n) is 7.89. The molecule has 0 heterocycles. The fourth-order valence-electron chi connectivity index (χ4n) is 1.18. The van der Waals surface area contributed by atoms with E-state index >= 15 is 0 Å². The van der Waals surface area contributed by atoms with Gasteiger partial charge < -0.3 is 11.5 Å². The lowest BCUT2D eigenvalue weighted by Crippen LogP contribution is -2.06. The van der Waals surface area contributed by atoms with Gasteiger partial charge in [-0.2, -0.15) is 0 Å². The monoisotopic (exact) mass is 164 g/mol. The molecule has 2 heteroatoms. The van der Waals surface area contributed by atoms with Crippen LogP contribution in [0.5, 0.6) is 0 Å². The first-order chi connectivity index (χ1) is 5.52. The van der Waals surface area contributed by atoms with E-state index in [2.05, 4.69) is 13.0 Å². The molecule has 2 nitrogen and oxygen atoms in total. The standard InChI is InChI=1S/C10H16N2/c1-6-4-9(8(3)11)5-10(12)7(6)2/h4-5,8H,11-12H2,1-3H3. The maximum absolute atomic E-state index is 5.80. The molecule has 0 saturated carbocycles. The van der Waals surface area contributed by atoms with E-state index in [0.717, 1.165) is 16.8 Å². The van der Waals surface area contributed by atoms with Crippen molar-refractivity contribution >= 4 is 5.69 Å². The topological polar surface area (TPSA) is 52.0 Å². The smallest absolute Gasteiger partial charge is 0.0349 e. The Kier molecular flexibility index (Phi) is 2.38. The van der Waals surface area contributed by atoms with Crippen LogP contribution in [0.15, 0.2) is 12.1 Å². The highest BCUT2D eigenvalue weighted by Gasteiger charge is 2.04. The van der Waals surface area contributed by atoms with Gasteiger partial charge in [0.2, 0.25) is 0 Å². The highest BCUT2D eigenvalue weighted by molar-refractivity contribution is 5.52. The minimum Gasteiger partial charge on any atom is -0.398 e. The molecule has 0 aliphatic carbocycles. The summed E-state index contributed by atoms with van der Waals surface area (Å²) in [6.07, 6.45) is 0. The summed E-state index contributed by atoms with van der Waals surface area (Å²) >= 11 is 0. The second-order valence-corrected chi connectivity index (χ2v) is 3.34. The summed E-state index contributed by atoms with van der Waals surface area (Å²) in [4.78, 5) is 0. The summed E-state index contributed by atoms with van der Waals surface area (Å²) in [6, 6.07) is 4.11. The van der Waals surface area contributed by atoms with E-state index < -0.39 is 0 Å². The van der Waals surface area contributed by atoms with Crippen molar-refractivity contribution in [2.75, 3.05) is 5.73 Å². The SMILES string of the molecule is Cc1cc(C(C)N)cc(N)c1C. The Bertz CT molecular complexity index is 267. The molecule has 66 valence electrons. The number of nitrogen functional groups attached to an aromatic ring is 1. The van der Waals surface area contributed by atoms with Gasteiger partial charge >= 0.3 is 0 Å². The second-order valence-electron chi connectivity index (χ2n) is 3.34. The molecule has 0 aliphatic rings. The Labute approximate surface area is 73.6 Å². The molecule has 12 heavy (non-hydrogen) atoms. The minimum absolute atomic E-state index is 0.0617. The van der Waals surface area contributed by atoms with Crippen molar-refractivity contribution in [2.45, 2.75) is 26.8 Å². The molecule has 0 spiro atoms. The van der Waals surface area contributed by atoms with Gasteiger partial charge in [-0.1, -0.05) is 6.07 Å². The maximum atomic E-state index is 5.80. The van der Waals surface area contributed by atoms with Crippen molar-refractivity contribution in [3.05, 3.63) is 28.8 Å². The molecule has 0 aliphatic heterocycles. The number of benzene rings is 1. The van der Waals surface area contributed by atoms with Crippen LogP contribution in [0.1, 0.15) is 29.7 Å². The largest absolute Gasteiger partial charge is 0.398 e. The first-order valence-corrected chi connectivity index (χ1v) is 4.14. The third kappa shape index (κ3) is 1.59. The first kappa shape index (κ1) is 9.07. The number of aryl methyl sites for hydroxylation is 1. The fourth-order valence-corrected chi connectivity index (χ4v) is 1.18. The van der Waals surface area contributed by atoms with Crippen molar-refractivity contribution in [3.8, 4) is 0 Å². The number of hydrogen-bond donors (Lipinski definition) is 2. The lowest BCUT2D eigenvalue weighted by atomic mass is 10.0. The third-order valence-corrected chi connectivity index (χ3v) is 2.26. The molecular formula is C10H16N2. The quantitative estimate of drug-likeness (QED) is 0.623. The predicted molar refractivity (Wildman–Crippen MR) is 52.9 cm³/mol. The van der Waals surface area contributed by atoms with Gasteiger partial charge in [-0.15, -0.1) is 0 Å². The van der Waals surface area contributed by atoms with Crippen molar-refractivity contribution < 1.29 is 0 Å². The summed E-state index contributed by atoms with van der Waals surface area (Å²) in [7, 11) is 0. The van der Waals surface area contributed by atoms with E-state index in [4.69, 9.17) is 11.5 Å². The number of hydrogen-bond acceptors (Lipinski definition) is 2. The van der Waals surface area contributed by atoms with Gasteiger partial charge in [0, 0.05) is 11.7 Å². The first-order valence-electron chi connectivity index (χ1n) is 4.14. The van der Waals surface area contributed by atoms with Crippen LogP contribution in [0.2, 0.25) is 0 Å². The molecule has 0 fully saturated rings. The Hall–Kier alpha value is -1.02. The summed E-state index contributed by atoms with van der Waals surface area (Å²) in [5.74, 6) is 0. The summed E-state index contributed by atoms with van der Waals surface area (Å²) in [5, 5.41) is 0. The average Bonchev–Trinajstić information content (AvgIpc) is 1.99. The van der Waals surface area contributed by atoms with E-state index in [1.165, 1.54) is 5.56 Å². The lowest BCUT2D eigenvalue weighted by Gasteiger charge is -2.11. The number of nitrogens with two attached hydrogens (primary N) is 2. The van der Waals surface area contributed by atoms with Crippen LogP contribution < -0.4 is 11.5 Å². The molecule has 0 amide bonds. The molecule has 1 unspecified atom stereocenters. The van der Waals surface area contributed by atoms with E-state index in [1.54, 1.807) is 0 Å². The Morgan fingerprint density at radius 2 is 1.83 bits per heavy atom. The minimum atomic E-state index is 0.0617. The lowest BCUT2D eigenvalue weighted by molar-refractivity contribution is 0.817.